The summed E-state index contributed by atoms with van der Waals surface area (Å²) in [6.45, 7) is 13.2. The van der Waals surface area contributed by atoms with Crippen LogP contribution in [0.25, 0.3) is 0 Å². The van der Waals surface area contributed by atoms with Crippen LogP contribution in [0.4, 0.5) is 14.5 Å². The summed E-state index contributed by atoms with van der Waals surface area (Å²) in [5.74, 6) is -1.95. The van der Waals surface area contributed by atoms with E-state index in [1.165, 1.54) is 12.1 Å². The number of benzene rings is 2. The van der Waals surface area contributed by atoms with E-state index in [1.54, 1.807) is 6.92 Å². The number of rotatable bonds is 4. The number of amides is 1. The molecule has 2 aromatic rings. The lowest BCUT2D eigenvalue weighted by atomic mass is 9.87. The lowest BCUT2D eigenvalue weighted by molar-refractivity contribution is -0.136. The molecule has 2 aliphatic rings. The van der Waals surface area contributed by atoms with E-state index in [1.807, 2.05) is 24.0 Å². The summed E-state index contributed by atoms with van der Waals surface area (Å²) in [7, 11) is 0. The van der Waals surface area contributed by atoms with Crippen LogP contribution in [-0.4, -0.2) is 65.6 Å². The molecule has 0 radical (unpaired) electrons. The molecule has 0 aromatic heterocycles. The molecule has 1 amide bonds. The third kappa shape index (κ3) is 5.38. The SMILES string of the molecule is Cc1cc([C@@H](C)O)c(N2CCN(C(=O)C3CN(C(C)(C)C)C[C@H]3c3ccc(F)cc3F)CC2)cc1Cl. The van der Waals surface area contributed by atoms with Gasteiger partial charge in [-0.05, 0) is 63.9 Å². The van der Waals surface area contributed by atoms with E-state index in [0.29, 0.717) is 49.9 Å². The predicted molar refractivity (Wildman–Crippen MR) is 140 cm³/mol. The monoisotopic (exact) mass is 519 g/mol. The molecule has 5 nitrogen and oxygen atoms in total. The lowest BCUT2D eigenvalue weighted by Gasteiger charge is -2.39. The van der Waals surface area contributed by atoms with Crippen LogP contribution in [0.3, 0.4) is 0 Å². The number of nitrogens with zero attached hydrogens (tertiary/aromatic N) is 3. The highest BCUT2D eigenvalue weighted by atomic mass is 35.5. The van der Waals surface area contributed by atoms with Crippen LogP contribution in [0, 0.1) is 24.5 Å². The molecule has 0 saturated carbocycles. The number of carbonyl (C=O) groups is 1. The summed E-state index contributed by atoms with van der Waals surface area (Å²) in [5, 5.41) is 11.0. The number of aryl methyl sites for hydroxylation is 1. The van der Waals surface area contributed by atoms with Gasteiger partial charge in [0.2, 0.25) is 5.91 Å². The fourth-order valence-electron chi connectivity index (χ4n) is 5.42. The number of hydrogen-bond acceptors (Lipinski definition) is 4. The Morgan fingerprint density at radius 2 is 1.75 bits per heavy atom. The van der Waals surface area contributed by atoms with Crippen LogP contribution in [0.2, 0.25) is 5.02 Å². The van der Waals surface area contributed by atoms with Gasteiger partial charge in [-0.3, -0.25) is 9.69 Å². The molecular weight excluding hydrogens is 484 g/mol. The molecule has 196 valence electrons. The van der Waals surface area contributed by atoms with Crippen molar-refractivity contribution in [2.45, 2.75) is 52.2 Å². The van der Waals surface area contributed by atoms with Gasteiger partial charge < -0.3 is 14.9 Å². The Bertz CT molecular complexity index is 1130. The molecule has 36 heavy (non-hydrogen) atoms. The Balaban J connectivity index is 1.53. The van der Waals surface area contributed by atoms with Crippen LogP contribution in [0.5, 0.6) is 0 Å². The van der Waals surface area contributed by atoms with E-state index in [0.717, 1.165) is 22.9 Å². The van der Waals surface area contributed by atoms with Crippen molar-refractivity contribution >= 4 is 23.2 Å². The first kappa shape index (κ1) is 26.8. The van der Waals surface area contributed by atoms with Gasteiger partial charge in [-0.25, -0.2) is 8.78 Å². The fraction of sp³-hybridized carbons (Fsp3) is 0.536. The standard InChI is InChI=1S/C28H36ClF2N3O2/c1-17-12-21(18(2)35)26(14-24(17)29)32-8-10-33(11-9-32)27(36)23-16-34(28(3,4)5)15-22(23)20-7-6-19(30)13-25(20)31/h6-7,12-14,18,22-23,35H,8-11,15-16H2,1-5H3/t18-,22+,23?/m1/s1. The van der Waals surface area contributed by atoms with Gasteiger partial charge in [0.15, 0.2) is 0 Å². The number of carbonyl (C=O) groups excluding carboxylic acids is 1. The first-order chi connectivity index (χ1) is 16.9. The van der Waals surface area contributed by atoms with Crippen molar-refractivity contribution in [1.82, 2.24) is 9.80 Å². The van der Waals surface area contributed by atoms with Gasteiger partial charge in [0.05, 0.1) is 12.0 Å². The first-order valence-corrected chi connectivity index (χ1v) is 13.0. The minimum atomic E-state index is -0.635. The van der Waals surface area contributed by atoms with Crippen molar-refractivity contribution in [3.05, 3.63) is 63.7 Å². The van der Waals surface area contributed by atoms with Crippen molar-refractivity contribution in [1.29, 1.82) is 0 Å². The Hall–Kier alpha value is -2.22. The van der Waals surface area contributed by atoms with E-state index in [9.17, 15) is 18.7 Å². The van der Waals surface area contributed by atoms with Gasteiger partial charge in [0, 0.05) is 73.1 Å². The maximum Gasteiger partial charge on any atom is 0.227 e. The topological polar surface area (TPSA) is 47.0 Å². The molecule has 0 bridgehead atoms. The van der Waals surface area contributed by atoms with Crippen LogP contribution < -0.4 is 4.90 Å². The summed E-state index contributed by atoms with van der Waals surface area (Å²) in [6.07, 6.45) is -0.635. The summed E-state index contributed by atoms with van der Waals surface area (Å²) >= 11 is 6.39. The molecule has 2 saturated heterocycles. The molecule has 8 heteroatoms. The third-order valence-corrected chi connectivity index (χ3v) is 8.04. The molecule has 2 fully saturated rings. The summed E-state index contributed by atoms with van der Waals surface area (Å²) in [5.41, 5.74) is 2.84. The van der Waals surface area contributed by atoms with Crippen LogP contribution in [0.1, 0.15) is 56.4 Å². The van der Waals surface area contributed by atoms with Crippen molar-refractivity contribution in [3.8, 4) is 0 Å². The van der Waals surface area contributed by atoms with Gasteiger partial charge in [-0.1, -0.05) is 17.7 Å². The van der Waals surface area contributed by atoms with Gasteiger partial charge in [-0.2, -0.15) is 0 Å². The number of likely N-dealkylation sites (tertiary alicyclic amines) is 1. The summed E-state index contributed by atoms with van der Waals surface area (Å²) in [6, 6.07) is 7.47. The van der Waals surface area contributed by atoms with E-state index in [2.05, 4.69) is 30.6 Å². The van der Waals surface area contributed by atoms with E-state index < -0.39 is 23.7 Å². The summed E-state index contributed by atoms with van der Waals surface area (Å²) in [4.78, 5) is 20.0. The van der Waals surface area contributed by atoms with Crippen LogP contribution >= 0.6 is 11.6 Å². The predicted octanol–water partition coefficient (Wildman–Crippen LogP) is 5.14. The number of aliphatic hydroxyl groups is 1. The molecule has 1 unspecified atom stereocenters. The van der Waals surface area contributed by atoms with Crippen LogP contribution in [0.15, 0.2) is 30.3 Å². The van der Waals surface area contributed by atoms with E-state index in [-0.39, 0.29) is 17.4 Å². The molecular formula is C28H36ClF2N3O2. The van der Waals surface area contributed by atoms with Crippen LogP contribution in [-0.2, 0) is 4.79 Å². The summed E-state index contributed by atoms with van der Waals surface area (Å²) < 4.78 is 28.4. The zero-order chi connectivity index (χ0) is 26.4. The van der Waals surface area contributed by atoms with Gasteiger partial charge in [0.25, 0.3) is 0 Å². The average Bonchev–Trinajstić information content (AvgIpc) is 3.26. The molecule has 3 atom stereocenters. The van der Waals surface area contributed by atoms with Gasteiger partial charge in [-0.15, -0.1) is 0 Å². The largest absolute Gasteiger partial charge is 0.389 e. The lowest BCUT2D eigenvalue weighted by Crippen LogP contribution is -2.51. The minimum Gasteiger partial charge on any atom is -0.389 e. The molecule has 0 spiro atoms. The van der Waals surface area contributed by atoms with Gasteiger partial charge >= 0.3 is 0 Å². The average molecular weight is 520 g/mol. The zero-order valence-corrected chi connectivity index (χ0v) is 22.4. The Labute approximate surface area is 217 Å². The molecule has 2 heterocycles. The van der Waals surface area contributed by atoms with Crippen molar-refractivity contribution in [2.24, 2.45) is 5.92 Å². The fourth-order valence-corrected chi connectivity index (χ4v) is 5.58. The number of hydrogen-bond donors (Lipinski definition) is 1. The van der Waals surface area contributed by atoms with Crippen molar-refractivity contribution in [2.75, 3.05) is 44.2 Å². The maximum atomic E-state index is 14.8. The molecule has 2 aliphatic heterocycles. The third-order valence-electron chi connectivity index (χ3n) is 7.64. The Morgan fingerprint density at radius 1 is 1.08 bits per heavy atom. The highest BCUT2D eigenvalue weighted by Gasteiger charge is 2.44. The number of anilines is 1. The minimum absolute atomic E-state index is 0.00723. The smallest absolute Gasteiger partial charge is 0.227 e. The zero-order valence-electron chi connectivity index (χ0n) is 21.7. The van der Waals surface area contributed by atoms with Crippen molar-refractivity contribution < 1.29 is 18.7 Å². The number of aliphatic hydroxyl groups excluding tert-OH is 1. The second-order valence-corrected chi connectivity index (χ2v) is 11.5. The highest BCUT2D eigenvalue weighted by molar-refractivity contribution is 6.31. The Morgan fingerprint density at radius 3 is 2.33 bits per heavy atom. The Kier molecular flexibility index (Phi) is 7.65. The second kappa shape index (κ2) is 10.3. The maximum absolute atomic E-state index is 14.8. The number of halogens is 3. The molecule has 4 rings (SSSR count). The normalized spacial score (nSPS) is 22.2. The molecule has 2 aromatic carbocycles. The first-order valence-electron chi connectivity index (χ1n) is 12.6. The molecule has 0 aliphatic carbocycles. The highest BCUT2D eigenvalue weighted by Crippen LogP contribution is 2.39. The molecule has 1 N–H and O–H groups in total. The van der Waals surface area contributed by atoms with E-state index >= 15 is 0 Å². The van der Waals surface area contributed by atoms with Gasteiger partial charge in [0.1, 0.15) is 11.6 Å². The quantitative estimate of drug-likeness (QED) is 0.607. The number of piperazine rings is 1. The van der Waals surface area contributed by atoms with Crippen molar-refractivity contribution in [3.63, 3.8) is 0 Å². The van der Waals surface area contributed by atoms with E-state index in [4.69, 9.17) is 11.6 Å². The second-order valence-electron chi connectivity index (χ2n) is 11.1.